The summed E-state index contributed by atoms with van der Waals surface area (Å²) in [6.07, 6.45) is 1.94. The molecule has 0 aliphatic carbocycles. The predicted molar refractivity (Wildman–Crippen MR) is 90.8 cm³/mol. The van der Waals surface area contributed by atoms with Gasteiger partial charge in [-0.2, -0.15) is 0 Å². The van der Waals surface area contributed by atoms with Crippen molar-refractivity contribution in [1.82, 2.24) is 10.2 Å². The van der Waals surface area contributed by atoms with Crippen LogP contribution in [0.25, 0.3) is 0 Å². The minimum absolute atomic E-state index is 0.675. The molecule has 21 heavy (non-hydrogen) atoms. The predicted octanol–water partition coefficient (Wildman–Crippen LogP) is 3.32. The van der Waals surface area contributed by atoms with Crippen LogP contribution in [0, 0.1) is 5.92 Å². The van der Waals surface area contributed by atoms with Gasteiger partial charge in [-0.1, -0.05) is 39.0 Å². The third-order valence-corrected chi connectivity index (χ3v) is 3.29. The van der Waals surface area contributed by atoms with Gasteiger partial charge >= 0.3 is 0 Å². The molecule has 0 heterocycles. The highest BCUT2D eigenvalue weighted by Crippen LogP contribution is 2.13. The molecule has 0 aliphatic heterocycles. The van der Waals surface area contributed by atoms with Crippen molar-refractivity contribution in [2.24, 2.45) is 5.92 Å². The van der Waals surface area contributed by atoms with Gasteiger partial charge in [0.2, 0.25) is 0 Å². The number of benzene rings is 1. The van der Waals surface area contributed by atoms with Gasteiger partial charge in [0.15, 0.2) is 0 Å². The molecule has 1 aromatic rings. The summed E-state index contributed by atoms with van der Waals surface area (Å²) in [5.74, 6) is 1.63. The summed E-state index contributed by atoms with van der Waals surface area (Å²) in [4.78, 5) is 2.31. The Morgan fingerprint density at radius 1 is 1.38 bits per heavy atom. The van der Waals surface area contributed by atoms with Crippen LogP contribution < -0.4 is 10.1 Å². The number of hydrogen-bond acceptors (Lipinski definition) is 3. The number of rotatable bonds is 11. The largest absolute Gasteiger partial charge is 0.492 e. The summed E-state index contributed by atoms with van der Waals surface area (Å²) < 4.78 is 5.85. The van der Waals surface area contributed by atoms with Crippen LogP contribution in [0.1, 0.15) is 26.3 Å². The smallest absolute Gasteiger partial charge is 0.119 e. The van der Waals surface area contributed by atoms with E-state index in [1.54, 1.807) is 0 Å². The van der Waals surface area contributed by atoms with E-state index in [4.69, 9.17) is 4.74 Å². The molecule has 1 N–H and O–H groups in total. The normalized spacial score (nSPS) is 11.1. The van der Waals surface area contributed by atoms with E-state index in [0.717, 1.165) is 38.5 Å². The van der Waals surface area contributed by atoms with Crippen LogP contribution in [-0.4, -0.2) is 37.7 Å². The van der Waals surface area contributed by atoms with Gasteiger partial charge in [0.05, 0.1) is 0 Å². The molecule has 0 saturated carbocycles. The van der Waals surface area contributed by atoms with E-state index in [1.165, 1.54) is 5.56 Å². The SMILES string of the molecule is C=CCN(CC)CCOc1cccc(CNCC(C)C)c1. The van der Waals surface area contributed by atoms with Crippen molar-refractivity contribution < 1.29 is 4.74 Å². The van der Waals surface area contributed by atoms with E-state index in [-0.39, 0.29) is 0 Å². The number of nitrogens with one attached hydrogen (secondary N) is 1. The van der Waals surface area contributed by atoms with E-state index in [9.17, 15) is 0 Å². The third-order valence-electron chi connectivity index (χ3n) is 3.29. The lowest BCUT2D eigenvalue weighted by molar-refractivity contribution is 0.229. The third kappa shape index (κ3) is 7.88. The molecule has 0 aromatic heterocycles. The summed E-state index contributed by atoms with van der Waals surface area (Å²) in [6, 6.07) is 8.34. The number of ether oxygens (including phenoxy) is 1. The standard InChI is InChI=1S/C18H30N2O/c1-5-10-20(6-2)11-12-21-18-9-7-8-17(13-18)15-19-14-16(3)4/h5,7-9,13,16,19H,1,6,10-12,14-15H2,2-4H3. The Hall–Kier alpha value is -1.32. The Balaban J connectivity index is 2.36. The van der Waals surface area contributed by atoms with Gasteiger partial charge in [-0.3, -0.25) is 4.90 Å². The van der Waals surface area contributed by atoms with Crippen molar-refractivity contribution in [2.75, 3.05) is 32.8 Å². The molecular weight excluding hydrogens is 260 g/mol. The molecule has 0 radical (unpaired) electrons. The molecule has 118 valence electrons. The van der Waals surface area contributed by atoms with Crippen LogP contribution in [0.15, 0.2) is 36.9 Å². The van der Waals surface area contributed by atoms with E-state index in [0.29, 0.717) is 12.5 Å². The second-order valence-electron chi connectivity index (χ2n) is 5.70. The molecular formula is C18H30N2O. The fraction of sp³-hybridized carbons (Fsp3) is 0.556. The van der Waals surface area contributed by atoms with E-state index in [2.05, 4.69) is 55.8 Å². The molecule has 3 nitrogen and oxygen atoms in total. The van der Waals surface area contributed by atoms with Gasteiger partial charge < -0.3 is 10.1 Å². The van der Waals surface area contributed by atoms with Gasteiger partial charge in [0, 0.05) is 19.6 Å². The molecule has 1 aromatic carbocycles. The minimum atomic E-state index is 0.675. The molecule has 1 rings (SSSR count). The Morgan fingerprint density at radius 3 is 2.86 bits per heavy atom. The van der Waals surface area contributed by atoms with Gasteiger partial charge in [-0.05, 0) is 36.7 Å². The second kappa shape index (κ2) is 10.4. The molecule has 0 aliphatic rings. The number of likely N-dealkylation sites (N-methyl/N-ethyl adjacent to an activating group) is 1. The first kappa shape index (κ1) is 17.7. The maximum Gasteiger partial charge on any atom is 0.119 e. The summed E-state index contributed by atoms with van der Waals surface area (Å²) in [5, 5.41) is 3.45. The van der Waals surface area contributed by atoms with Crippen LogP contribution in [0.3, 0.4) is 0 Å². The maximum absolute atomic E-state index is 5.85. The fourth-order valence-electron chi connectivity index (χ4n) is 2.10. The quantitative estimate of drug-likeness (QED) is 0.633. The van der Waals surface area contributed by atoms with Crippen molar-refractivity contribution in [3.05, 3.63) is 42.5 Å². The van der Waals surface area contributed by atoms with Crippen LogP contribution in [0.4, 0.5) is 0 Å². The van der Waals surface area contributed by atoms with E-state index in [1.807, 2.05) is 12.1 Å². The first-order valence-corrected chi connectivity index (χ1v) is 7.91. The molecule has 0 bridgehead atoms. The van der Waals surface area contributed by atoms with Gasteiger partial charge in [-0.25, -0.2) is 0 Å². The zero-order valence-corrected chi connectivity index (χ0v) is 13.8. The van der Waals surface area contributed by atoms with Crippen LogP contribution in [0.2, 0.25) is 0 Å². The lowest BCUT2D eigenvalue weighted by atomic mass is 10.2. The lowest BCUT2D eigenvalue weighted by Crippen LogP contribution is -2.28. The van der Waals surface area contributed by atoms with Crippen LogP contribution in [-0.2, 0) is 6.54 Å². The fourth-order valence-corrected chi connectivity index (χ4v) is 2.10. The highest BCUT2D eigenvalue weighted by Gasteiger charge is 2.01. The summed E-state index contributed by atoms with van der Waals surface area (Å²) in [7, 11) is 0. The average molecular weight is 290 g/mol. The zero-order chi connectivity index (χ0) is 15.5. The monoisotopic (exact) mass is 290 g/mol. The van der Waals surface area contributed by atoms with Crippen molar-refractivity contribution in [2.45, 2.75) is 27.3 Å². The number of nitrogens with zero attached hydrogens (tertiary/aromatic N) is 1. The average Bonchev–Trinajstić information content (AvgIpc) is 2.46. The van der Waals surface area contributed by atoms with Crippen molar-refractivity contribution >= 4 is 0 Å². The van der Waals surface area contributed by atoms with Crippen molar-refractivity contribution in [3.63, 3.8) is 0 Å². The molecule has 0 saturated heterocycles. The second-order valence-corrected chi connectivity index (χ2v) is 5.70. The molecule has 0 spiro atoms. The molecule has 0 amide bonds. The van der Waals surface area contributed by atoms with Gasteiger partial charge in [0.25, 0.3) is 0 Å². The summed E-state index contributed by atoms with van der Waals surface area (Å²) in [5.41, 5.74) is 1.27. The Bertz CT molecular complexity index is 404. The molecule has 0 unspecified atom stereocenters. The van der Waals surface area contributed by atoms with Crippen LogP contribution in [0.5, 0.6) is 5.75 Å². The Morgan fingerprint density at radius 2 is 2.19 bits per heavy atom. The molecule has 0 fully saturated rings. The molecule has 0 atom stereocenters. The van der Waals surface area contributed by atoms with Gasteiger partial charge in [0.1, 0.15) is 12.4 Å². The first-order chi connectivity index (χ1) is 10.2. The van der Waals surface area contributed by atoms with Crippen molar-refractivity contribution in [3.8, 4) is 5.75 Å². The summed E-state index contributed by atoms with van der Waals surface area (Å²) in [6.45, 7) is 15.9. The van der Waals surface area contributed by atoms with Crippen LogP contribution >= 0.6 is 0 Å². The maximum atomic E-state index is 5.85. The minimum Gasteiger partial charge on any atom is -0.492 e. The van der Waals surface area contributed by atoms with Crippen molar-refractivity contribution in [1.29, 1.82) is 0 Å². The molecule has 3 heteroatoms. The topological polar surface area (TPSA) is 24.5 Å². The zero-order valence-electron chi connectivity index (χ0n) is 13.8. The highest BCUT2D eigenvalue weighted by atomic mass is 16.5. The number of hydrogen-bond donors (Lipinski definition) is 1. The van der Waals surface area contributed by atoms with E-state index >= 15 is 0 Å². The Labute approximate surface area is 130 Å². The summed E-state index contributed by atoms with van der Waals surface area (Å²) >= 11 is 0. The lowest BCUT2D eigenvalue weighted by Gasteiger charge is -2.18. The van der Waals surface area contributed by atoms with E-state index < -0.39 is 0 Å². The van der Waals surface area contributed by atoms with Gasteiger partial charge in [-0.15, -0.1) is 6.58 Å². The first-order valence-electron chi connectivity index (χ1n) is 7.91. The highest BCUT2D eigenvalue weighted by molar-refractivity contribution is 5.28. The Kier molecular flexibility index (Phi) is 8.79.